The molecule has 0 aliphatic carbocycles. The number of aliphatic hydroxyl groups excluding tert-OH is 2. The second-order valence-corrected chi connectivity index (χ2v) is 3.09. The molecule has 0 saturated carbocycles. The number of aliphatic hydroxyl groups is 2. The van der Waals surface area contributed by atoms with Crippen LogP contribution in [0.3, 0.4) is 0 Å². The summed E-state index contributed by atoms with van der Waals surface area (Å²) in [4.78, 5) is 0. The molecule has 0 aromatic heterocycles. The minimum absolute atomic E-state index is 0.664. The van der Waals surface area contributed by atoms with E-state index in [-0.39, 0.29) is 0 Å². The molecule has 3 heteroatoms. The number of hydrogen-bond donors (Lipinski definition) is 3. The number of nitrogens with one attached hydrogen (secondary N) is 1. The Bertz CT molecular complexity index is 349. The standard InChI is InChI=1S/C12H15NO2/c1-3-11(14)9-7-5-6-8-10(9)13-12(15)4-2/h3-8,11-15H,1-2H2. The maximum Gasteiger partial charge on any atom is 0.143 e. The van der Waals surface area contributed by atoms with Gasteiger partial charge in [0.2, 0.25) is 0 Å². The highest BCUT2D eigenvalue weighted by Crippen LogP contribution is 2.23. The zero-order valence-corrected chi connectivity index (χ0v) is 8.43. The number of benzene rings is 1. The average molecular weight is 205 g/mol. The van der Waals surface area contributed by atoms with E-state index < -0.39 is 12.3 Å². The van der Waals surface area contributed by atoms with Crippen molar-refractivity contribution in [2.24, 2.45) is 0 Å². The first kappa shape index (κ1) is 11.5. The van der Waals surface area contributed by atoms with E-state index in [0.717, 1.165) is 0 Å². The Labute approximate surface area is 89.4 Å². The fourth-order valence-electron chi connectivity index (χ4n) is 1.23. The molecule has 1 aromatic rings. The highest BCUT2D eigenvalue weighted by atomic mass is 16.3. The maximum absolute atomic E-state index is 9.63. The molecule has 2 unspecified atom stereocenters. The van der Waals surface area contributed by atoms with E-state index in [1.54, 1.807) is 12.1 Å². The van der Waals surface area contributed by atoms with E-state index in [1.165, 1.54) is 12.2 Å². The fourth-order valence-corrected chi connectivity index (χ4v) is 1.23. The van der Waals surface area contributed by atoms with E-state index in [4.69, 9.17) is 0 Å². The van der Waals surface area contributed by atoms with Crippen molar-refractivity contribution in [3.63, 3.8) is 0 Å². The summed E-state index contributed by atoms with van der Waals surface area (Å²) in [5, 5.41) is 21.8. The summed E-state index contributed by atoms with van der Waals surface area (Å²) in [6.07, 6.45) is 1.23. The lowest BCUT2D eigenvalue weighted by Gasteiger charge is -2.16. The van der Waals surface area contributed by atoms with E-state index in [9.17, 15) is 10.2 Å². The monoisotopic (exact) mass is 205 g/mol. The molecule has 0 amide bonds. The van der Waals surface area contributed by atoms with Crippen LogP contribution in [0.2, 0.25) is 0 Å². The lowest BCUT2D eigenvalue weighted by atomic mass is 10.1. The molecular formula is C12H15NO2. The van der Waals surface area contributed by atoms with E-state index in [1.807, 2.05) is 12.1 Å². The normalized spacial score (nSPS) is 14.0. The summed E-state index contributed by atoms with van der Waals surface area (Å²) in [7, 11) is 0. The zero-order chi connectivity index (χ0) is 11.3. The molecule has 0 aliphatic heterocycles. The van der Waals surface area contributed by atoms with Gasteiger partial charge < -0.3 is 15.5 Å². The topological polar surface area (TPSA) is 52.5 Å². The van der Waals surface area contributed by atoms with Gasteiger partial charge in [-0.3, -0.25) is 0 Å². The fraction of sp³-hybridized carbons (Fsp3) is 0.167. The SMILES string of the molecule is C=CC(O)Nc1ccccc1C(O)C=C. The van der Waals surface area contributed by atoms with Gasteiger partial charge >= 0.3 is 0 Å². The number of para-hydroxylation sites is 1. The second kappa shape index (κ2) is 5.34. The lowest BCUT2D eigenvalue weighted by Crippen LogP contribution is -2.16. The molecule has 0 heterocycles. The van der Waals surface area contributed by atoms with Crippen molar-refractivity contribution >= 4 is 5.69 Å². The molecule has 1 aromatic carbocycles. The van der Waals surface area contributed by atoms with Crippen LogP contribution in [0.5, 0.6) is 0 Å². The van der Waals surface area contributed by atoms with Gasteiger partial charge in [0.1, 0.15) is 6.23 Å². The van der Waals surface area contributed by atoms with Crippen LogP contribution in [0.4, 0.5) is 5.69 Å². The van der Waals surface area contributed by atoms with Crippen molar-refractivity contribution in [3.05, 3.63) is 55.1 Å². The van der Waals surface area contributed by atoms with Crippen LogP contribution >= 0.6 is 0 Å². The molecule has 2 atom stereocenters. The summed E-state index contributed by atoms with van der Waals surface area (Å²) >= 11 is 0. The van der Waals surface area contributed by atoms with Crippen LogP contribution in [-0.4, -0.2) is 16.4 Å². The molecular weight excluding hydrogens is 190 g/mol. The molecule has 1 rings (SSSR count). The van der Waals surface area contributed by atoms with Gasteiger partial charge in [0.15, 0.2) is 0 Å². The summed E-state index contributed by atoms with van der Waals surface area (Å²) in [6.45, 7) is 6.97. The van der Waals surface area contributed by atoms with Crippen LogP contribution in [-0.2, 0) is 0 Å². The quantitative estimate of drug-likeness (QED) is 0.507. The molecule has 0 bridgehead atoms. The van der Waals surface area contributed by atoms with Crippen molar-refractivity contribution in [3.8, 4) is 0 Å². The van der Waals surface area contributed by atoms with Crippen molar-refractivity contribution in [1.29, 1.82) is 0 Å². The van der Waals surface area contributed by atoms with Gasteiger partial charge in [0.05, 0.1) is 6.10 Å². The molecule has 0 aliphatic rings. The minimum atomic E-state index is -0.830. The van der Waals surface area contributed by atoms with E-state index >= 15 is 0 Å². The largest absolute Gasteiger partial charge is 0.384 e. The third kappa shape index (κ3) is 2.94. The highest BCUT2D eigenvalue weighted by Gasteiger charge is 2.09. The summed E-state index contributed by atoms with van der Waals surface area (Å²) < 4.78 is 0. The van der Waals surface area contributed by atoms with Crippen molar-refractivity contribution in [2.75, 3.05) is 5.32 Å². The Morgan fingerprint density at radius 1 is 1.13 bits per heavy atom. The zero-order valence-electron chi connectivity index (χ0n) is 8.43. The van der Waals surface area contributed by atoms with Gasteiger partial charge in [-0.25, -0.2) is 0 Å². The Hall–Kier alpha value is -1.58. The first-order chi connectivity index (χ1) is 7.19. The molecule has 0 fully saturated rings. The Balaban J connectivity index is 2.95. The van der Waals surface area contributed by atoms with Crippen LogP contribution < -0.4 is 5.32 Å². The van der Waals surface area contributed by atoms with Crippen LogP contribution in [0.15, 0.2) is 49.6 Å². The van der Waals surface area contributed by atoms with E-state index in [2.05, 4.69) is 18.5 Å². The first-order valence-electron chi connectivity index (χ1n) is 4.65. The molecule has 0 radical (unpaired) electrons. The Morgan fingerprint density at radius 2 is 1.80 bits per heavy atom. The lowest BCUT2D eigenvalue weighted by molar-refractivity contribution is 0.228. The summed E-state index contributed by atoms with van der Waals surface area (Å²) in [5.41, 5.74) is 1.34. The third-order valence-corrected chi connectivity index (χ3v) is 2.03. The van der Waals surface area contributed by atoms with Crippen molar-refractivity contribution in [1.82, 2.24) is 0 Å². The van der Waals surface area contributed by atoms with Crippen molar-refractivity contribution < 1.29 is 10.2 Å². The Kier molecular flexibility index (Phi) is 4.09. The number of anilines is 1. The maximum atomic E-state index is 9.63. The van der Waals surface area contributed by atoms with Crippen LogP contribution in [0, 0.1) is 0 Å². The van der Waals surface area contributed by atoms with Crippen LogP contribution in [0.25, 0.3) is 0 Å². The van der Waals surface area contributed by atoms with Crippen LogP contribution in [0.1, 0.15) is 11.7 Å². The highest BCUT2D eigenvalue weighted by molar-refractivity contribution is 5.53. The van der Waals surface area contributed by atoms with Gasteiger partial charge in [-0.2, -0.15) is 0 Å². The van der Waals surface area contributed by atoms with Gasteiger partial charge in [0.25, 0.3) is 0 Å². The summed E-state index contributed by atoms with van der Waals surface area (Å²) in [6, 6.07) is 7.17. The smallest absolute Gasteiger partial charge is 0.143 e. The molecule has 15 heavy (non-hydrogen) atoms. The molecule has 3 N–H and O–H groups in total. The molecule has 80 valence electrons. The molecule has 3 nitrogen and oxygen atoms in total. The predicted molar refractivity (Wildman–Crippen MR) is 61.4 cm³/mol. The van der Waals surface area contributed by atoms with Gasteiger partial charge in [-0.15, -0.1) is 6.58 Å². The first-order valence-corrected chi connectivity index (χ1v) is 4.65. The number of rotatable bonds is 5. The van der Waals surface area contributed by atoms with Gasteiger partial charge in [0, 0.05) is 11.3 Å². The third-order valence-electron chi connectivity index (χ3n) is 2.03. The predicted octanol–water partition coefficient (Wildman–Crippen LogP) is 1.82. The second-order valence-electron chi connectivity index (χ2n) is 3.09. The average Bonchev–Trinajstić information content (AvgIpc) is 2.28. The molecule has 0 saturated heterocycles. The number of hydrogen-bond acceptors (Lipinski definition) is 3. The Morgan fingerprint density at radius 3 is 2.40 bits per heavy atom. The summed E-state index contributed by atoms with van der Waals surface area (Å²) in [5.74, 6) is 0. The van der Waals surface area contributed by atoms with E-state index in [0.29, 0.717) is 11.3 Å². The minimum Gasteiger partial charge on any atom is -0.384 e. The molecule has 0 spiro atoms. The van der Waals surface area contributed by atoms with Gasteiger partial charge in [-0.1, -0.05) is 30.9 Å². The van der Waals surface area contributed by atoms with Gasteiger partial charge in [-0.05, 0) is 12.1 Å². The van der Waals surface area contributed by atoms with Crippen molar-refractivity contribution in [2.45, 2.75) is 12.3 Å².